The van der Waals surface area contributed by atoms with Crippen molar-refractivity contribution in [1.29, 1.82) is 0 Å². The summed E-state index contributed by atoms with van der Waals surface area (Å²) < 4.78 is 0. The number of benzene rings is 1. The van der Waals surface area contributed by atoms with E-state index in [2.05, 4.69) is 49.2 Å². The molecular weight excluding hydrogens is 262 g/mol. The number of amides is 1. The normalized spacial score (nSPS) is 23.2. The predicted molar refractivity (Wildman–Crippen MR) is 85.6 cm³/mol. The molecule has 1 fully saturated rings. The third-order valence-electron chi connectivity index (χ3n) is 4.86. The van der Waals surface area contributed by atoms with E-state index in [9.17, 15) is 4.79 Å². The number of carbonyl (C=O) groups is 1. The highest BCUT2D eigenvalue weighted by Gasteiger charge is 2.42. The van der Waals surface area contributed by atoms with Gasteiger partial charge in [-0.05, 0) is 38.8 Å². The van der Waals surface area contributed by atoms with E-state index in [1.807, 2.05) is 11.0 Å². The van der Waals surface area contributed by atoms with Gasteiger partial charge in [0, 0.05) is 37.9 Å². The van der Waals surface area contributed by atoms with Gasteiger partial charge in [-0.2, -0.15) is 0 Å². The second-order valence-corrected chi connectivity index (χ2v) is 6.65. The Hall–Kier alpha value is -1.39. The summed E-state index contributed by atoms with van der Waals surface area (Å²) in [6.45, 7) is 10.1. The molecule has 0 aromatic heterocycles. The summed E-state index contributed by atoms with van der Waals surface area (Å²) in [6.07, 6.45) is 0.958. The van der Waals surface area contributed by atoms with Crippen molar-refractivity contribution in [2.45, 2.75) is 38.8 Å². The average Bonchev–Trinajstić information content (AvgIpc) is 2.83. The molecule has 0 radical (unpaired) electrons. The largest absolute Gasteiger partial charge is 0.314 e. The highest BCUT2D eigenvalue weighted by atomic mass is 16.2. The van der Waals surface area contributed by atoms with E-state index in [1.165, 1.54) is 5.56 Å². The molecule has 0 aliphatic carbocycles. The zero-order valence-corrected chi connectivity index (χ0v) is 13.2. The lowest BCUT2D eigenvalue weighted by Gasteiger charge is -2.42. The summed E-state index contributed by atoms with van der Waals surface area (Å²) in [6, 6.07) is 8.54. The van der Waals surface area contributed by atoms with E-state index in [-0.39, 0.29) is 11.9 Å². The predicted octanol–water partition coefficient (Wildman–Crippen LogP) is 1.65. The van der Waals surface area contributed by atoms with Crippen LogP contribution in [0.25, 0.3) is 0 Å². The molecule has 1 aromatic carbocycles. The second kappa shape index (κ2) is 5.43. The van der Waals surface area contributed by atoms with E-state index in [0.29, 0.717) is 0 Å². The fraction of sp³-hybridized carbons (Fsp3) is 0.588. The Labute approximate surface area is 127 Å². The van der Waals surface area contributed by atoms with Crippen molar-refractivity contribution in [1.82, 2.24) is 10.2 Å². The number of hydrogen-bond donors (Lipinski definition) is 1. The minimum atomic E-state index is -0.451. The van der Waals surface area contributed by atoms with Crippen molar-refractivity contribution >= 4 is 11.6 Å². The van der Waals surface area contributed by atoms with Crippen molar-refractivity contribution in [3.05, 3.63) is 29.8 Å². The molecule has 2 heterocycles. The Morgan fingerprint density at radius 2 is 1.90 bits per heavy atom. The van der Waals surface area contributed by atoms with Gasteiger partial charge >= 0.3 is 0 Å². The Morgan fingerprint density at radius 3 is 2.62 bits per heavy atom. The monoisotopic (exact) mass is 287 g/mol. The lowest BCUT2D eigenvalue weighted by molar-refractivity contribution is -0.129. The number of piperazine rings is 1. The molecular formula is C17H25N3O. The molecule has 4 nitrogen and oxygen atoms in total. The van der Waals surface area contributed by atoms with Crippen LogP contribution in [0.2, 0.25) is 0 Å². The van der Waals surface area contributed by atoms with Crippen molar-refractivity contribution < 1.29 is 4.79 Å². The van der Waals surface area contributed by atoms with Crippen LogP contribution >= 0.6 is 0 Å². The maximum atomic E-state index is 13.2. The Bertz CT molecular complexity index is 535. The summed E-state index contributed by atoms with van der Waals surface area (Å²) in [5.41, 5.74) is 1.93. The number of nitrogens with one attached hydrogen (secondary N) is 1. The molecule has 1 atom stereocenters. The van der Waals surface area contributed by atoms with Crippen molar-refractivity contribution in [3.8, 4) is 0 Å². The molecule has 1 unspecified atom stereocenters. The molecule has 1 saturated heterocycles. The van der Waals surface area contributed by atoms with Crippen LogP contribution in [0.15, 0.2) is 24.3 Å². The van der Waals surface area contributed by atoms with Crippen LogP contribution < -0.4 is 10.2 Å². The van der Waals surface area contributed by atoms with Crippen LogP contribution in [-0.2, 0) is 11.2 Å². The highest BCUT2D eigenvalue weighted by molar-refractivity contribution is 6.01. The summed E-state index contributed by atoms with van der Waals surface area (Å²) >= 11 is 0. The van der Waals surface area contributed by atoms with E-state index in [0.717, 1.165) is 38.3 Å². The summed E-state index contributed by atoms with van der Waals surface area (Å²) in [7, 11) is 0. The Balaban J connectivity index is 1.87. The van der Waals surface area contributed by atoms with Crippen LogP contribution in [-0.4, -0.2) is 48.6 Å². The van der Waals surface area contributed by atoms with Gasteiger partial charge in [-0.3, -0.25) is 9.69 Å². The lowest BCUT2D eigenvalue weighted by atomic mass is 9.98. The van der Waals surface area contributed by atoms with Crippen LogP contribution in [0.4, 0.5) is 5.69 Å². The molecule has 2 aliphatic rings. The molecule has 4 heteroatoms. The van der Waals surface area contributed by atoms with Gasteiger partial charge in [0.2, 0.25) is 5.91 Å². The molecule has 1 N–H and O–H groups in total. The molecule has 2 aliphatic heterocycles. The first-order chi connectivity index (χ1) is 10.0. The minimum absolute atomic E-state index is 0.224. The first-order valence-electron chi connectivity index (χ1n) is 7.89. The van der Waals surface area contributed by atoms with Crippen LogP contribution in [0.1, 0.15) is 26.3 Å². The number of nitrogens with zero attached hydrogens (tertiary/aromatic N) is 2. The van der Waals surface area contributed by atoms with Crippen molar-refractivity contribution in [3.63, 3.8) is 0 Å². The molecule has 1 aromatic rings. The topological polar surface area (TPSA) is 35.6 Å². The fourth-order valence-electron chi connectivity index (χ4n) is 3.53. The zero-order chi connectivity index (χ0) is 15.0. The zero-order valence-electron chi connectivity index (χ0n) is 13.2. The fourth-order valence-corrected chi connectivity index (χ4v) is 3.53. The standard InChI is InChI=1S/C17H25N3O/c1-13-12-14-6-4-5-7-15(14)20(13)16(21)17(2,3)19-10-8-18-9-11-19/h4-7,13,18H,8-12H2,1-3H3. The number of rotatable bonds is 2. The first-order valence-corrected chi connectivity index (χ1v) is 7.89. The number of carbonyl (C=O) groups excluding carboxylic acids is 1. The van der Waals surface area contributed by atoms with Gasteiger partial charge in [0.1, 0.15) is 0 Å². The minimum Gasteiger partial charge on any atom is -0.314 e. The van der Waals surface area contributed by atoms with Gasteiger partial charge < -0.3 is 10.2 Å². The Kier molecular flexibility index (Phi) is 3.76. The highest BCUT2D eigenvalue weighted by Crippen LogP contribution is 2.34. The number of para-hydroxylation sites is 1. The summed E-state index contributed by atoms with van der Waals surface area (Å²) in [5.74, 6) is 0.224. The van der Waals surface area contributed by atoms with E-state index >= 15 is 0 Å². The molecule has 0 saturated carbocycles. The molecule has 0 bridgehead atoms. The maximum Gasteiger partial charge on any atom is 0.247 e. The SMILES string of the molecule is CC1Cc2ccccc2N1C(=O)C(C)(C)N1CCNCC1. The Morgan fingerprint density at radius 1 is 1.24 bits per heavy atom. The maximum absolute atomic E-state index is 13.2. The summed E-state index contributed by atoms with van der Waals surface area (Å²) in [5, 5.41) is 3.35. The van der Waals surface area contributed by atoms with Gasteiger partial charge in [0.05, 0.1) is 5.54 Å². The summed E-state index contributed by atoms with van der Waals surface area (Å²) in [4.78, 5) is 17.5. The first kappa shape index (κ1) is 14.5. The molecule has 21 heavy (non-hydrogen) atoms. The van der Waals surface area contributed by atoms with Crippen LogP contribution in [0.5, 0.6) is 0 Å². The van der Waals surface area contributed by atoms with E-state index < -0.39 is 5.54 Å². The van der Waals surface area contributed by atoms with Gasteiger partial charge in [-0.15, -0.1) is 0 Å². The molecule has 1 amide bonds. The van der Waals surface area contributed by atoms with E-state index in [4.69, 9.17) is 0 Å². The molecule has 114 valence electrons. The number of hydrogen-bond acceptors (Lipinski definition) is 3. The van der Waals surface area contributed by atoms with E-state index in [1.54, 1.807) is 0 Å². The van der Waals surface area contributed by atoms with Gasteiger partial charge in [-0.25, -0.2) is 0 Å². The molecule has 3 rings (SSSR count). The number of fused-ring (bicyclic) bond motifs is 1. The van der Waals surface area contributed by atoms with Crippen LogP contribution in [0, 0.1) is 0 Å². The van der Waals surface area contributed by atoms with Gasteiger partial charge in [0.15, 0.2) is 0 Å². The van der Waals surface area contributed by atoms with Gasteiger partial charge in [-0.1, -0.05) is 18.2 Å². The van der Waals surface area contributed by atoms with Gasteiger partial charge in [0.25, 0.3) is 0 Å². The van der Waals surface area contributed by atoms with Crippen LogP contribution in [0.3, 0.4) is 0 Å². The van der Waals surface area contributed by atoms with Crippen molar-refractivity contribution in [2.24, 2.45) is 0 Å². The quantitative estimate of drug-likeness (QED) is 0.898. The average molecular weight is 287 g/mol. The van der Waals surface area contributed by atoms with Crippen molar-refractivity contribution in [2.75, 3.05) is 31.1 Å². The molecule has 0 spiro atoms. The second-order valence-electron chi connectivity index (χ2n) is 6.65. The number of anilines is 1. The smallest absolute Gasteiger partial charge is 0.247 e. The third kappa shape index (κ3) is 2.47. The lowest BCUT2D eigenvalue weighted by Crippen LogP contribution is -2.61. The third-order valence-corrected chi connectivity index (χ3v) is 4.86.